The fourth-order valence-electron chi connectivity index (χ4n) is 0.500. The highest BCUT2D eigenvalue weighted by Gasteiger charge is 2.08. The summed E-state index contributed by atoms with van der Waals surface area (Å²) in [6.45, 7) is 17.3. The van der Waals surface area contributed by atoms with Gasteiger partial charge in [0.2, 0.25) is 0 Å². The quantitative estimate of drug-likeness (QED) is 0.464. The average molecular weight is 170 g/mol. The summed E-state index contributed by atoms with van der Waals surface area (Å²) < 4.78 is 0. The molecular weight excluding hydrogens is 144 g/mol. The summed E-state index contributed by atoms with van der Waals surface area (Å²) in [5.74, 6) is 0. The van der Waals surface area contributed by atoms with E-state index in [4.69, 9.17) is 0 Å². The van der Waals surface area contributed by atoms with Gasteiger partial charge in [0.15, 0.2) is 0 Å². The van der Waals surface area contributed by atoms with Crippen molar-refractivity contribution in [3.8, 4) is 0 Å². The highest BCUT2D eigenvalue weighted by molar-refractivity contribution is 4.98. The number of hydrogen-bond acceptors (Lipinski definition) is 0. The van der Waals surface area contributed by atoms with Gasteiger partial charge in [-0.2, -0.15) is 0 Å². The largest absolute Gasteiger partial charge is 0.0826 e. The summed E-state index contributed by atoms with van der Waals surface area (Å²) in [5, 5.41) is 0. The van der Waals surface area contributed by atoms with Gasteiger partial charge in [-0.3, -0.25) is 0 Å². The fraction of sp³-hybridized carbons (Fsp3) is 0.833. The van der Waals surface area contributed by atoms with Crippen molar-refractivity contribution in [3.05, 3.63) is 12.2 Å². The van der Waals surface area contributed by atoms with Gasteiger partial charge in [-0.05, 0) is 10.8 Å². The first-order chi connectivity index (χ1) is 5.21. The molecule has 0 radical (unpaired) electrons. The molecule has 74 valence electrons. The third-order valence-electron chi connectivity index (χ3n) is 1.08. The Labute approximate surface area is 79.1 Å². The lowest BCUT2D eigenvalue weighted by molar-refractivity contribution is 0.502. The first-order valence-corrected chi connectivity index (χ1v) is 4.91. The monoisotopic (exact) mass is 170 g/mol. The summed E-state index contributed by atoms with van der Waals surface area (Å²) >= 11 is 0. The minimum absolute atomic E-state index is 0.327. The summed E-state index contributed by atoms with van der Waals surface area (Å²) in [7, 11) is 0. The third kappa shape index (κ3) is 16.4. The first kappa shape index (κ1) is 14.3. The average Bonchev–Trinajstić information content (AvgIpc) is 1.86. The molecule has 0 aromatic rings. The van der Waals surface area contributed by atoms with Gasteiger partial charge < -0.3 is 0 Å². The zero-order chi connectivity index (χ0) is 10.4. The van der Waals surface area contributed by atoms with Crippen molar-refractivity contribution >= 4 is 0 Å². The second-order valence-electron chi connectivity index (χ2n) is 5.07. The third-order valence-corrected chi connectivity index (χ3v) is 1.08. The summed E-state index contributed by atoms with van der Waals surface area (Å²) in [6.07, 6.45) is 4.54. The van der Waals surface area contributed by atoms with E-state index in [-0.39, 0.29) is 0 Å². The Hall–Kier alpha value is -0.260. The van der Waals surface area contributed by atoms with Crippen LogP contribution in [0.25, 0.3) is 0 Å². The Morgan fingerprint density at radius 3 is 0.833 bits per heavy atom. The van der Waals surface area contributed by atoms with E-state index in [2.05, 4.69) is 53.7 Å². The molecule has 0 heterocycles. The van der Waals surface area contributed by atoms with Crippen molar-refractivity contribution in [2.75, 3.05) is 0 Å². The van der Waals surface area contributed by atoms with Crippen molar-refractivity contribution in [1.82, 2.24) is 0 Å². The van der Waals surface area contributed by atoms with Crippen LogP contribution in [0.4, 0.5) is 0 Å². The predicted molar refractivity (Wildman–Crippen MR) is 59.4 cm³/mol. The Bertz CT molecular complexity index is 100.0. The van der Waals surface area contributed by atoms with Crippen molar-refractivity contribution < 1.29 is 0 Å². The molecule has 0 N–H and O–H groups in total. The van der Waals surface area contributed by atoms with Crippen molar-refractivity contribution in [1.29, 1.82) is 0 Å². The molecule has 0 saturated heterocycles. The summed E-state index contributed by atoms with van der Waals surface area (Å²) in [5.41, 5.74) is 0.653. The van der Waals surface area contributed by atoms with E-state index < -0.39 is 0 Å². The second-order valence-corrected chi connectivity index (χ2v) is 5.07. The van der Waals surface area contributed by atoms with Crippen molar-refractivity contribution in [3.63, 3.8) is 0 Å². The Morgan fingerprint density at radius 2 is 0.750 bits per heavy atom. The van der Waals surface area contributed by atoms with E-state index in [9.17, 15) is 0 Å². The highest BCUT2D eigenvalue weighted by Crippen LogP contribution is 2.21. The van der Waals surface area contributed by atoms with Gasteiger partial charge in [0, 0.05) is 0 Å². The van der Waals surface area contributed by atoms with Crippen LogP contribution in [-0.4, -0.2) is 0 Å². The lowest BCUT2D eigenvalue weighted by Gasteiger charge is -2.17. The summed E-state index contributed by atoms with van der Waals surface area (Å²) in [4.78, 5) is 0. The molecule has 0 rings (SSSR count). The molecule has 0 bridgehead atoms. The molecule has 0 aliphatic rings. The van der Waals surface area contributed by atoms with E-state index in [1.807, 2.05) is 13.8 Å². The van der Waals surface area contributed by atoms with Crippen LogP contribution in [0.5, 0.6) is 0 Å². The maximum atomic E-state index is 2.27. The smallest absolute Gasteiger partial charge is 0.0203 e. The number of allylic oxidation sites excluding steroid dienone is 2. The molecule has 0 amide bonds. The minimum Gasteiger partial charge on any atom is -0.0826 e. The molecule has 0 unspecified atom stereocenters. The van der Waals surface area contributed by atoms with Crippen LogP contribution in [0.2, 0.25) is 0 Å². The summed E-state index contributed by atoms with van der Waals surface area (Å²) in [6, 6.07) is 0. The van der Waals surface area contributed by atoms with Crippen molar-refractivity contribution in [2.24, 2.45) is 10.8 Å². The van der Waals surface area contributed by atoms with Gasteiger partial charge in [-0.25, -0.2) is 0 Å². The van der Waals surface area contributed by atoms with Gasteiger partial charge in [0.1, 0.15) is 0 Å². The zero-order valence-corrected chi connectivity index (χ0v) is 10.2. The molecule has 0 spiro atoms. The fourth-order valence-corrected chi connectivity index (χ4v) is 0.500. The van der Waals surface area contributed by atoms with Gasteiger partial charge >= 0.3 is 0 Å². The van der Waals surface area contributed by atoms with Crippen molar-refractivity contribution in [2.45, 2.75) is 55.4 Å². The standard InChI is InChI=1S/C10H20.C2H6/c1-9(2,3)7-8-10(4,5)6;1-2/h7-8H,1-6H3;1-2H3/b8-7-;. The van der Waals surface area contributed by atoms with Crippen LogP contribution in [0.3, 0.4) is 0 Å². The Balaban J connectivity index is 0. The molecule has 0 aliphatic carbocycles. The normalized spacial score (nSPS) is 12.7. The molecule has 0 aromatic carbocycles. The molecule has 0 saturated carbocycles. The highest BCUT2D eigenvalue weighted by atomic mass is 14.1. The molecule has 0 heteroatoms. The van der Waals surface area contributed by atoms with E-state index in [0.717, 1.165) is 0 Å². The molecule has 0 fully saturated rings. The first-order valence-electron chi connectivity index (χ1n) is 4.91. The molecule has 0 nitrogen and oxygen atoms in total. The lowest BCUT2D eigenvalue weighted by Crippen LogP contribution is -2.04. The van der Waals surface area contributed by atoms with E-state index in [1.165, 1.54) is 0 Å². The Morgan fingerprint density at radius 1 is 0.583 bits per heavy atom. The van der Waals surface area contributed by atoms with Crippen LogP contribution in [0, 0.1) is 10.8 Å². The van der Waals surface area contributed by atoms with Gasteiger partial charge in [-0.1, -0.05) is 67.5 Å². The maximum absolute atomic E-state index is 2.27. The van der Waals surface area contributed by atoms with Crippen LogP contribution in [0.1, 0.15) is 55.4 Å². The van der Waals surface area contributed by atoms with Crippen LogP contribution >= 0.6 is 0 Å². The van der Waals surface area contributed by atoms with E-state index in [0.29, 0.717) is 10.8 Å². The molecular formula is C12H26. The van der Waals surface area contributed by atoms with Gasteiger partial charge in [0.05, 0.1) is 0 Å². The molecule has 0 atom stereocenters. The van der Waals surface area contributed by atoms with Crippen LogP contribution in [-0.2, 0) is 0 Å². The van der Waals surface area contributed by atoms with Gasteiger partial charge in [0.25, 0.3) is 0 Å². The molecule has 0 aromatic heterocycles. The van der Waals surface area contributed by atoms with Crippen LogP contribution in [0.15, 0.2) is 12.2 Å². The second kappa shape index (κ2) is 5.40. The molecule has 0 aliphatic heterocycles. The number of hydrogen-bond donors (Lipinski definition) is 0. The lowest BCUT2D eigenvalue weighted by atomic mass is 9.89. The predicted octanol–water partition coefficient (Wildman–Crippen LogP) is 4.66. The van der Waals surface area contributed by atoms with E-state index in [1.54, 1.807) is 0 Å². The zero-order valence-electron chi connectivity index (χ0n) is 10.2. The van der Waals surface area contributed by atoms with E-state index >= 15 is 0 Å². The SMILES string of the molecule is CC.CC(C)(C)/C=C\C(C)(C)C. The maximum Gasteiger partial charge on any atom is -0.0203 e. The van der Waals surface area contributed by atoms with Crippen LogP contribution < -0.4 is 0 Å². The minimum atomic E-state index is 0.327. The molecule has 12 heavy (non-hydrogen) atoms. The topological polar surface area (TPSA) is 0 Å². The number of rotatable bonds is 0. The van der Waals surface area contributed by atoms with Gasteiger partial charge in [-0.15, -0.1) is 0 Å². The Kier molecular flexibility index (Phi) is 6.42.